The van der Waals surface area contributed by atoms with Crippen LogP contribution in [0.5, 0.6) is 0 Å². The molecule has 6 heteroatoms. The third-order valence-corrected chi connectivity index (χ3v) is 6.34. The Morgan fingerprint density at radius 1 is 1.32 bits per heavy atom. The first-order valence-corrected chi connectivity index (χ1v) is 9.05. The number of hydrogen-bond donors (Lipinski definition) is 1. The molecule has 0 aromatic carbocycles. The molecular weight excluding hydrogens is 262 g/mol. The third kappa shape index (κ3) is 3.90. The van der Waals surface area contributed by atoms with Crippen molar-refractivity contribution in [2.24, 2.45) is 0 Å². The maximum absolute atomic E-state index is 12.3. The van der Waals surface area contributed by atoms with E-state index in [4.69, 9.17) is 0 Å². The van der Waals surface area contributed by atoms with E-state index in [1.807, 2.05) is 0 Å². The van der Waals surface area contributed by atoms with Crippen LogP contribution in [0.1, 0.15) is 32.6 Å². The zero-order valence-corrected chi connectivity index (χ0v) is 13.0. The highest BCUT2D eigenvalue weighted by Crippen LogP contribution is 2.19. The zero-order chi connectivity index (χ0) is 13.9. The van der Waals surface area contributed by atoms with Gasteiger partial charge in [0.15, 0.2) is 0 Å². The summed E-state index contributed by atoms with van der Waals surface area (Å²) in [7, 11) is -1.39. The highest BCUT2D eigenvalue weighted by molar-refractivity contribution is 7.89. The molecule has 2 rings (SSSR count). The van der Waals surface area contributed by atoms with Gasteiger partial charge in [-0.2, -0.15) is 0 Å². The summed E-state index contributed by atoms with van der Waals surface area (Å²) in [6, 6.07) is 0.555. The summed E-state index contributed by atoms with van der Waals surface area (Å²) < 4.78 is 26.2. The molecule has 2 saturated heterocycles. The van der Waals surface area contributed by atoms with Crippen LogP contribution in [0.25, 0.3) is 0 Å². The van der Waals surface area contributed by atoms with Gasteiger partial charge < -0.3 is 5.32 Å². The summed E-state index contributed by atoms with van der Waals surface area (Å²) in [5.41, 5.74) is 0. The van der Waals surface area contributed by atoms with Gasteiger partial charge >= 0.3 is 0 Å². The lowest BCUT2D eigenvalue weighted by atomic mass is 10.2. The minimum atomic E-state index is -3.12. The molecule has 19 heavy (non-hydrogen) atoms. The Morgan fingerprint density at radius 3 is 2.74 bits per heavy atom. The van der Waals surface area contributed by atoms with E-state index < -0.39 is 10.0 Å². The van der Waals surface area contributed by atoms with Crippen molar-refractivity contribution >= 4 is 10.0 Å². The van der Waals surface area contributed by atoms with E-state index in [1.54, 1.807) is 11.4 Å². The number of likely N-dealkylation sites (N-methyl/N-ethyl adjacent to an activating group) is 2. The van der Waals surface area contributed by atoms with Gasteiger partial charge in [-0.3, -0.25) is 4.90 Å². The highest BCUT2D eigenvalue weighted by Gasteiger charge is 2.30. The van der Waals surface area contributed by atoms with Crippen LogP contribution >= 0.6 is 0 Å². The Labute approximate surface area is 117 Å². The van der Waals surface area contributed by atoms with Gasteiger partial charge in [0, 0.05) is 25.7 Å². The monoisotopic (exact) mass is 289 g/mol. The zero-order valence-electron chi connectivity index (χ0n) is 12.1. The molecule has 2 unspecified atom stereocenters. The van der Waals surface area contributed by atoms with Crippen molar-refractivity contribution in [1.29, 1.82) is 0 Å². The molecule has 0 spiro atoms. The minimum absolute atomic E-state index is 0.151. The van der Waals surface area contributed by atoms with Crippen molar-refractivity contribution in [3.63, 3.8) is 0 Å². The fourth-order valence-corrected chi connectivity index (χ4v) is 4.66. The summed E-state index contributed by atoms with van der Waals surface area (Å²) in [6.07, 6.45) is 4.39. The summed E-state index contributed by atoms with van der Waals surface area (Å²) in [6.45, 7) is 5.87. The van der Waals surface area contributed by atoms with E-state index in [-0.39, 0.29) is 11.8 Å². The molecule has 0 bridgehead atoms. The molecule has 112 valence electrons. The smallest absolute Gasteiger partial charge is 0.215 e. The summed E-state index contributed by atoms with van der Waals surface area (Å²) in [4.78, 5) is 2.39. The van der Waals surface area contributed by atoms with E-state index in [0.29, 0.717) is 12.6 Å². The Kier molecular flexibility index (Phi) is 5.22. The normalized spacial score (nSPS) is 29.4. The van der Waals surface area contributed by atoms with Crippen LogP contribution in [0.3, 0.4) is 0 Å². The van der Waals surface area contributed by atoms with E-state index in [9.17, 15) is 8.42 Å². The van der Waals surface area contributed by atoms with Crippen LogP contribution in [-0.2, 0) is 10.0 Å². The molecule has 1 N–H and O–H groups in total. The first-order chi connectivity index (χ1) is 9.03. The average Bonchev–Trinajstić information content (AvgIpc) is 2.99. The SMILES string of the molecule is CCN1CCCC1CN(C)S(=O)(=O)CC1CCCN1. The molecule has 2 fully saturated rings. The van der Waals surface area contributed by atoms with Crippen LogP contribution in [0.15, 0.2) is 0 Å². The standard InChI is InChI=1S/C13H27N3O2S/c1-3-16-9-5-7-13(16)10-15(2)19(17,18)11-12-6-4-8-14-12/h12-14H,3-11H2,1-2H3. The van der Waals surface area contributed by atoms with Crippen molar-refractivity contribution < 1.29 is 8.42 Å². The van der Waals surface area contributed by atoms with Gasteiger partial charge in [-0.05, 0) is 45.3 Å². The molecule has 2 atom stereocenters. The minimum Gasteiger partial charge on any atom is -0.313 e. The molecule has 5 nitrogen and oxygen atoms in total. The molecule has 2 aliphatic rings. The molecule has 0 saturated carbocycles. The van der Waals surface area contributed by atoms with Crippen LogP contribution in [0.4, 0.5) is 0 Å². The van der Waals surface area contributed by atoms with E-state index in [2.05, 4.69) is 17.1 Å². The van der Waals surface area contributed by atoms with Crippen LogP contribution < -0.4 is 5.32 Å². The predicted octanol–water partition coefficient (Wildman–Crippen LogP) is 0.484. The lowest BCUT2D eigenvalue weighted by Crippen LogP contribution is -2.44. The van der Waals surface area contributed by atoms with Gasteiger partial charge in [-0.1, -0.05) is 6.92 Å². The van der Waals surface area contributed by atoms with E-state index >= 15 is 0 Å². The average molecular weight is 289 g/mol. The molecular formula is C13H27N3O2S. The number of sulfonamides is 1. The number of hydrogen-bond acceptors (Lipinski definition) is 4. The lowest BCUT2D eigenvalue weighted by Gasteiger charge is -2.28. The Hall–Kier alpha value is -0.170. The molecule has 0 radical (unpaired) electrons. The Morgan fingerprint density at radius 2 is 2.11 bits per heavy atom. The van der Waals surface area contributed by atoms with Gasteiger partial charge in [0.05, 0.1) is 5.75 Å². The van der Waals surface area contributed by atoms with Crippen LogP contribution in [-0.4, -0.2) is 68.7 Å². The third-order valence-electron chi connectivity index (χ3n) is 4.42. The molecule has 0 amide bonds. The predicted molar refractivity (Wildman–Crippen MR) is 77.7 cm³/mol. The van der Waals surface area contributed by atoms with Gasteiger partial charge in [0.2, 0.25) is 10.0 Å². The van der Waals surface area contributed by atoms with Gasteiger partial charge in [-0.25, -0.2) is 12.7 Å². The number of nitrogens with one attached hydrogen (secondary N) is 1. The summed E-state index contributed by atoms with van der Waals surface area (Å²) in [5, 5.41) is 3.26. The topological polar surface area (TPSA) is 52.7 Å². The second-order valence-electron chi connectivity index (χ2n) is 5.78. The Balaban J connectivity index is 1.88. The quantitative estimate of drug-likeness (QED) is 0.773. The highest BCUT2D eigenvalue weighted by atomic mass is 32.2. The van der Waals surface area contributed by atoms with Crippen molar-refractivity contribution in [2.45, 2.75) is 44.7 Å². The Bertz CT molecular complexity index is 379. The first-order valence-electron chi connectivity index (χ1n) is 7.44. The number of rotatable bonds is 6. The lowest BCUT2D eigenvalue weighted by molar-refractivity contribution is 0.237. The van der Waals surface area contributed by atoms with Crippen LogP contribution in [0, 0.1) is 0 Å². The van der Waals surface area contributed by atoms with Gasteiger partial charge in [0.25, 0.3) is 0 Å². The molecule has 0 aromatic heterocycles. The maximum Gasteiger partial charge on any atom is 0.215 e. The second kappa shape index (κ2) is 6.52. The maximum atomic E-state index is 12.3. The molecule has 2 heterocycles. The van der Waals surface area contributed by atoms with Gasteiger partial charge in [0.1, 0.15) is 0 Å². The number of likely N-dealkylation sites (tertiary alicyclic amines) is 1. The van der Waals surface area contributed by atoms with Gasteiger partial charge in [-0.15, -0.1) is 0 Å². The summed E-state index contributed by atoms with van der Waals surface area (Å²) >= 11 is 0. The van der Waals surface area contributed by atoms with Crippen molar-refractivity contribution in [1.82, 2.24) is 14.5 Å². The molecule has 0 aliphatic carbocycles. The second-order valence-corrected chi connectivity index (χ2v) is 7.90. The van der Waals surface area contributed by atoms with Crippen molar-refractivity contribution in [3.8, 4) is 0 Å². The fraction of sp³-hybridized carbons (Fsp3) is 1.00. The molecule has 0 aromatic rings. The first kappa shape index (κ1) is 15.2. The summed E-state index contributed by atoms with van der Waals surface area (Å²) in [5.74, 6) is 0.252. The fourth-order valence-electron chi connectivity index (χ4n) is 3.21. The number of nitrogens with zero attached hydrogens (tertiary/aromatic N) is 2. The molecule has 2 aliphatic heterocycles. The van der Waals surface area contributed by atoms with Crippen molar-refractivity contribution in [3.05, 3.63) is 0 Å². The largest absolute Gasteiger partial charge is 0.313 e. The van der Waals surface area contributed by atoms with Crippen molar-refractivity contribution in [2.75, 3.05) is 39.0 Å². The van der Waals surface area contributed by atoms with Crippen LogP contribution in [0.2, 0.25) is 0 Å². The van der Waals surface area contributed by atoms with E-state index in [1.165, 1.54) is 6.42 Å². The van der Waals surface area contributed by atoms with E-state index in [0.717, 1.165) is 38.9 Å².